The van der Waals surface area contributed by atoms with Crippen LogP contribution in [0.4, 0.5) is 0 Å². The Morgan fingerprint density at radius 3 is 2.79 bits per heavy atom. The lowest BCUT2D eigenvalue weighted by Crippen LogP contribution is -2.35. The maximum atomic E-state index is 3.46. The largest absolute Gasteiger partial charge is 0.312 e. The number of nitrogens with one attached hydrogen (secondary N) is 1. The fourth-order valence-corrected chi connectivity index (χ4v) is 2.91. The van der Waals surface area contributed by atoms with Crippen LogP contribution in [0, 0.1) is 6.92 Å². The van der Waals surface area contributed by atoms with Crippen LogP contribution in [0.1, 0.15) is 23.6 Å². The molecular weight excluding hydrogens is 234 g/mol. The Morgan fingerprint density at radius 2 is 2.21 bits per heavy atom. The van der Waals surface area contributed by atoms with Crippen molar-refractivity contribution in [2.24, 2.45) is 0 Å². The van der Waals surface area contributed by atoms with Crippen molar-refractivity contribution >= 4 is 0 Å². The fourth-order valence-electron chi connectivity index (χ4n) is 2.91. The second kappa shape index (κ2) is 6.51. The molecule has 0 saturated carbocycles. The SMILES string of the molecule is CNC(CN1CCC(N(C)C)C1)c1cccc(C)c1. The monoisotopic (exact) mass is 261 g/mol. The van der Waals surface area contributed by atoms with Gasteiger partial charge in [-0.15, -0.1) is 0 Å². The van der Waals surface area contributed by atoms with Crippen molar-refractivity contribution in [1.29, 1.82) is 0 Å². The van der Waals surface area contributed by atoms with Crippen LogP contribution in [0.25, 0.3) is 0 Å². The predicted octanol–water partition coefficient (Wildman–Crippen LogP) is 1.89. The molecule has 3 heteroatoms. The first-order valence-corrected chi connectivity index (χ1v) is 7.22. The van der Waals surface area contributed by atoms with Crippen LogP contribution in [0.2, 0.25) is 0 Å². The molecule has 2 atom stereocenters. The van der Waals surface area contributed by atoms with Gasteiger partial charge in [-0.3, -0.25) is 4.90 Å². The number of aryl methyl sites for hydroxylation is 1. The van der Waals surface area contributed by atoms with Crippen LogP contribution in [-0.4, -0.2) is 56.6 Å². The molecule has 2 rings (SSSR count). The van der Waals surface area contributed by atoms with Gasteiger partial charge in [-0.05, 0) is 46.6 Å². The van der Waals surface area contributed by atoms with Crippen molar-refractivity contribution in [3.05, 3.63) is 35.4 Å². The van der Waals surface area contributed by atoms with Gasteiger partial charge in [-0.25, -0.2) is 0 Å². The first-order chi connectivity index (χ1) is 9.10. The Bertz CT molecular complexity index is 403. The zero-order valence-corrected chi connectivity index (χ0v) is 12.7. The van der Waals surface area contributed by atoms with Crippen LogP contribution >= 0.6 is 0 Å². The summed E-state index contributed by atoms with van der Waals surface area (Å²) in [5, 5.41) is 3.46. The Balaban J connectivity index is 1.97. The van der Waals surface area contributed by atoms with Crippen LogP contribution < -0.4 is 5.32 Å². The molecule has 3 nitrogen and oxygen atoms in total. The summed E-state index contributed by atoms with van der Waals surface area (Å²) in [7, 11) is 6.43. The van der Waals surface area contributed by atoms with Crippen molar-refractivity contribution in [3.63, 3.8) is 0 Å². The topological polar surface area (TPSA) is 18.5 Å². The lowest BCUT2D eigenvalue weighted by molar-refractivity contribution is 0.253. The molecule has 0 spiro atoms. The molecule has 19 heavy (non-hydrogen) atoms. The molecule has 0 aliphatic carbocycles. The van der Waals surface area contributed by atoms with Gasteiger partial charge in [0.05, 0.1) is 0 Å². The number of likely N-dealkylation sites (N-methyl/N-ethyl adjacent to an activating group) is 2. The first kappa shape index (κ1) is 14.5. The molecule has 1 aromatic rings. The van der Waals surface area contributed by atoms with Gasteiger partial charge in [0.2, 0.25) is 0 Å². The average molecular weight is 261 g/mol. The third-order valence-corrected chi connectivity index (χ3v) is 4.21. The summed E-state index contributed by atoms with van der Waals surface area (Å²) >= 11 is 0. The lowest BCUT2D eigenvalue weighted by Gasteiger charge is -2.25. The molecule has 1 saturated heterocycles. The van der Waals surface area contributed by atoms with Gasteiger partial charge in [0.15, 0.2) is 0 Å². The predicted molar refractivity (Wildman–Crippen MR) is 81.5 cm³/mol. The minimum absolute atomic E-state index is 0.431. The molecule has 1 N–H and O–H groups in total. The molecule has 0 bridgehead atoms. The molecular formula is C16H27N3. The van der Waals surface area contributed by atoms with Gasteiger partial charge in [0, 0.05) is 25.2 Å². The molecule has 0 radical (unpaired) electrons. The molecule has 1 aromatic carbocycles. The normalized spacial score (nSPS) is 22.1. The van der Waals surface area contributed by atoms with E-state index >= 15 is 0 Å². The van der Waals surface area contributed by atoms with E-state index in [2.05, 4.69) is 67.4 Å². The maximum Gasteiger partial charge on any atom is 0.0446 e. The molecule has 106 valence electrons. The molecule has 1 aliphatic rings. The quantitative estimate of drug-likeness (QED) is 0.873. The molecule has 1 fully saturated rings. The minimum Gasteiger partial charge on any atom is -0.312 e. The Kier molecular flexibility index (Phi) is 4.97. The van der Waals surface area contributed by atoms with E-state index in [1.54, 1.807) is 0 Å². The van der Waals surface area contributed by atoms with E-state index in [1.807, 2.05) is 0 Å². The summed E-state index contributed by atoms with van der Waals surface area (Å²) in [5.41, 5.74) is 2.74. The molecule has 0 aromatic heterocycles. The second-order valence-electron chi connectivity index (χ2n) is 5.92. The number of hydrogen-bond donors (Lipinski definition) is 1. The Hall–Kier alpha value is -0.900. The van der Waals surface area contributed by atoms with Crippen LogP contribution in [0.15, 0.2) is 24.3 Å². The number of nitrogens with zero attached hydrogens (tertiary/aromatic N) is 2. The van der Waals surface area contributed by atoms with Crippen LogP contribution in [-0.2, 0) is 0 Å². The van der Waals surface area contributed by atoms with Gasteiger partial charge < -0.3 is 10.2 Å². The highest BCUT2D eigenvalue weighted by Crippen LogP contribution is 2.19. The summed E-state index contributed by atoms with van der Waals surface area (Å²) in [6.45, 7) is 5.67. The van der Waals surface area contributed by atoms with E-state index in [4.69, 9.17) is 0 Å². The van der Waals surface area contributed by atoms with E-state index in [1.165, 1.54) is 30.6 Å². The summed E-state index contributed by atoms with van der Waals surface area (Å²) in [6, 6.07) is 9.99. The summed E-state index contributed by atoms with van der Waals surface area (Å²) < 4.78 is 0. The molecule has 1 heterocycles. The van der Waals surface area contributed by atoms with Crippen molar-refractivity contribution < 1.29 is 0 Å². The zero-order valence-electron chi connectivity index (χ0n) is 12.7. The summed E-state index contributed by atoms with van der Waals surface area (Å²) in [4.78, 5) is 4.93. The fraction of sp³-hybridized carbons (Fsp3) is 0.625. The summed E-state index contributed by atoms with van der Waals surface area (Å²) in [6.07, 6.45) is 1.29. The number of benzene rings is 1. The highest BCUT2D eigenvalue weighted by molar-refractivity contribution is 5.25. The second-order valence-corrected chi connectivity index (χ2v) is 5.92. The van der Waals surface area contributed by atoms with Crippen LogP contribution in [0.5, 0.6) is 0 Å². The van der Waals surface area contributed by atoms with Gasteiger partial charge >= 0.3 is 0 Å². The average Bonchev–Trinajstić information content (AvgIpc) is 2.84. The highest BCUT2D eigenvalue weighted by atomic mass is 15.2. The van der Waals surface area contributed by atoms with E-state index in [0.717, 1.165) is 12.6 Å². The van der Waals surface area contributed by atoms with E-state index in [9.17, 15) is 0 Å². The third-order valence-electron chi connectivity index (χ3n) is 4.21. The Labute approximate surface area is 117 Å². The zero-order chi connectivity index (χ0) is 13.8. The minimum atomic E-state index is 0.431. The Morgan fingerprint density at radius 1 is 1.42 bits per heavy atom. The smallest absolute Gasteiger partial charge is 0.0446 e. The number of likely N-dealkylation sites (tertiary alicyclic amines) is 1. The maximum absolute atomic E-state index is 3.46. The molecule has 2 unspecified atom stereocenters. The molecule has 0 amide bonds. The van der Waals surface area contributed by atoms with E-state index < -0.39 is 0 Å². The van der Waals surface area contributed by atoms with Crippen molar-refractivity contribution in [1.82, 2.24) is 15.1 Å². The van der Waals surface area contributed by atoms with Crippen molar-refractivity contribution in [3.8, 4) is 0 Å². The van der Waals surface area contributed by atoms with Gasteiger partial charge in [0.1, 0.15) is 0 Å². The summed E-state index contributed by atoms with van der Waals surface area (Å²) in [5.74, 6) is 0. The van der Waals surface area contributed by atoms with Gasteiger partial charge in [-0.1, -0.05) is 29.8 Å². The van der Waals surface area contributed by atoms with Crippen LogP contribution in [0.3, 0.4) is 0 Å². The van der Waals surface area contributed by atoms with Gasteiger partial charge in [-0.2, -0.15) is 0 Å². The number of rotatable bonds is 5. The standard InChI is InChI=1S/C16H27N3/c1-13-6-5-7-14(10-13)16(17-2)12-19-9-8-15(11-19)18(3)4/h5-7,10,15-17H,8-9,11-12H2,1-4H3. The third kappa shape index (κ3) is 3.78. The first-order valence-electron chi connectivity index (χ1n) is 7.22. The number of hydrogen-bond acceptors (Lipinski definition) is 3. The van der Waals surface area contributed by atoms with Gasteiger partial charge in [0.25, 0.3) is 0 Å². The lowest BCUT2D eigenvalue weighted by atomic mass is 10.0. The van der Waals surface area contributed by atoms with E-state index in [0.29, 0.717) is 6.04 Å². The molecule has 1 aliphatic heterocycles. The van der Waals surface area contributed by atoms with E-state index in [-0.39, 0.29) is 0 Å². The highest BCUT2D eigenvalue weighted by Gasteiger charge is 2.25. The van der Waals surface area contributed by atoms with Crippen molar-refractivity contribution in [2.45, 2.75) is 25.4 Å². The van der Waals surface area contributed by atoms with Crippen molar-refractivity contribution in [2.75, 3.05) is 40.8 Å².